The van der Waals surface area contributed by atoms with Crippen molar-refractivity contribution in [3.8, 4) is 6.07 Å². The lowest BCUT2D eigenvalue weighted by atomic mass is 9.91. The molecule has 0 aliphatic rings. The molecular weight excluding hydrogens is 202 g/mol. The van der Waals surface area contributed by atoms with Gasteiger partial charge in [-0.15, -0.1) is 0 Å². The first-order chi connectivity index (χ1) is 7.28. The molecule has 92 valence electrons. The third kappa shape index (κ3) is 6.41. The average Bonchev–Trinajstić information content (AvgIpc) is 2.16. The number of nitrogens with one attached hydrogen (secondary N) is 2. The van der Waals surface area contributed by atoms with Gasteiger partial charge in [0, 0.05) is 6.04 Å². The highest BCUT2D eigenvalue weighted by molar-refractivity contribution is 5.81. The Hall–Kier alpha value is -1.08. The van der Waals surface area contributed by atoms with Gasteiger partial charge in [-0.3, -0.25) is 4.79 Å². The van der Waals surface area contributed by atoms with Crippen LogP contribution in [0.3, 0.4) is 0 Å². The second-order valence-electron chi connectivity index (χ2n) is 5.08. The van der Waals surface area contributed by atoms with Crippen LogP contribution < -0.4 is 10.6 Å². The Kier molecular flexibility index (Phi) is 6.05. The van der Waals surface area contributed by atoms with Gasteiger partial charge in [0.2, 0.25) is 5.91 Å². The summed E-state index contributed by atoms with van der Waals surface area (Å²) in [7, 11) is 0. The van der Waals surface area contributed by atoms with E-state index < -0.39 is 0 Å². The first kappa shape index (κ1) is 14.9. The lowest BCUT2D eigenvalue weighted by molar-refractivity contribution is -0.123. The summed E-state index contributed by atoms with van der Waals surface area (Å²) in [5, 5.41) is 14.8. The van der Waals surface area contributed by atoms with E-state index >= 15 is 0 Å². The van der Waals surface area contributed by atoms with Crippen LogP contribution in [0.25, 0.3) is 0 Å². The number of rotatable bonds is 6. The number of hydrogen-bond donors (Lipinski definition) is 2. The van der Waals surface area contributed by atoms with E-state index in [2.05, 4.69) is 16.7 Å². The van der Waals surface area contributed by atoms with Gasteiger partial charge in [0.1, 0.15) is 0 Å². The van der Waals surface area contributed by atoms with Gasteiger partial charge in [-0.2, -0.15) is 5.26 Å². The van der Waals surface area contributed by atoms with Gasteiger partial charge in [0.05, 0.1) is 17.5 Å². The highest BCUT2D eigenvalue weighted by atomic mass is 16.2. The van der Waals surface area contributed by atoms with Crippen LogP contribution in [0.5, 0.6) is 0 Å². The largest absolute Gasteiger partial charge is 0.353 e. The molecule has 0 bridgehead atoms. The summed E-state index contributed by atoms with van der Waals surface area (Å²) in [5.74, 6) is 0.00441. The zero-order chi connectivity index (χ0) is 12.8. The molecule has 0 saturated heterocycles. The highest BCUT2D eigenvalue weighted by Crippen LogP contribution is 2.17. The fraction of sp³-hybridized carbons (Fsp3) is 0.833. The van der Waals surface area contributed by atoms with E-state index in [4.69, 9.17) is 5.26 Å². The van der Waals surface area contributed by atoms with E-state index in [-0.39, 0.29) is 23.4 Å². The minimum Gasteiger partial charge on any atom is -0.353 e. The van der Waals surface area contributed by atoms with Crippen molar-refractivity contribution >= 4 is 5.91 Å². The number of carbonyl (C=O) groups excluding carboxylic acids is 1. The van der Waals surface area contributed by atoms with E-state index in [1.165, 1.54) is 0 Å². The van der Waals surface area contributed by atoms with Crippen LogP contribution in [0.4, 0.5) is 0 Å². The molecule has 0 aromatic carbocycles. The Labute approximate surface area is 98.4 Å². The minimum atomic E-state index is -0.332. The highest BCUT2D eigenvalue weighted by Gasteiger charge is 2.18. The van der Waals surface area contributed by atoms with Crippen molar-refractivity contribution in [3.63, 3.8) is 0 Å². The molecule has 0 rings (SSSR count). The summed E-state index contributed by atoms with van der Waals surface area (Å²) >= 11 is 0. The summed E-state index contributed by atoms with van der Waals surface area (Å²) in [6.07, 6.45) is 0.739. The van der Waals surface area contributed by atoms with Crippen LogP contribution in [-0.2, 0) is 4.79 Å². The van der Waals surface area contributed by atoms with Gasteiger partial charge in [-0.25, -0.2) is 0 Å². The smallest absolute Gasteiger partial charge is 0.237 e. The third-order valence-electron chi connectivity index (χ3n) is 2.33. The number of nitriles is 1. The number of carbonyl (C=O) groups is 1. The number of hydrogen-bond acceptors (Lipinski definition) is 3. The molecule has 1 amide bonds. The summed E-state index contributed by atoms with van der Waals surface area (Å²) in [5.41, 5.74) is -0.332. The molecule has 0 aliphatic heterocycles. The second kappa shape index (κ2) is 6.49. The van der Waals surface area contributed by atoms with Crippen molar-refractivity contribution in [1.82, 2.24) is 10.6 Å². The van der Waals surface area contributed by atoms with Crippen molar-refractivity contribution in [1.29, 1.82) is 5.26 Å². The van der Waals surface area contributed by atoms with Gasteiger partial charge in [0.15, 0.2) is 0 Å². The van der Waals surface area contributed by atoms with Crippen LogP contribution in [0.15, 0.2) is 0 Å². The molecule has 0 heterocycles. The molecular formula is C12H23N3O. The Bertz CT molecular complexity index is 266. The molecule has 16 heavy (non-hydrogen) atoms. The molecule has 1 unspecified atom stereocenters. The second-order valence-corrected chi connectivity index (χ2v) is 5.08. The van der Waals surface area contributed by atoms with Crippen molar-refractivity contribution in [3.05, 3.63) is 0 Å². The average molecular weight is 225 g/mol. The van der Waals surface area contributed by atoms with Gasteiger partial charge >= 0.3 is 0 Å². The quantitative estimate of drug-likeness (QED) is 0.718. The fourth-order valence-corrected chi connectivity index (χ4v) is 1.16. The summed E-state index contributed by atoms with van der Waals surface area (Å²) < 4.78 is 0. The normalized spacial score (nSPS) is 13.3. The van der Waals surface area contributed by atoms with Crippen LogP contribution in [0.1, 0.15) is 41.0 Å². The zero-order valence-electron chi connectivity index (χ0n) is 10.9. The van der Waals surface area contributed by atoms with E-state index in [1.54, 1.807) is 0 Å². The van der Waals surface area contributed by atoms with Crippen LogP contribution in [0.2, 0.25) is 0 Å². The summed E-state index contributed by atoms with van der Waals surface area (Å²) in [6.45, 7) is 10.2. The van der Waals surface area contributed by atoms with Gasteiger partial charge in [0.25, 0.3) is 0 Å². The maximum Gasteiger partial charge on any atom is 0.237 e. The molecule has 0 saturated carbocycles. The lowest BCUT2D eigenvalue weighted by Crippen LogP contribution is -2.45. The Morgan fingerprint density at radius 2 is 1.94 bits per heavy atom. The zero-order valence-corrected chi connectivity index (χ0v) is 10.9. The van der Waals surface area contributed by atoms with E-state index in [0.29, 0.717) is 6.54 Å². The molecule has 4 nitrogen and oxygen atoms in total. The molecule has 0 fully saturated rings. The van der Waals surface area contributed by atoms with Gasteiger partial charge in [-0.05, 0) is 47.6 Å². The Morgan fingerprint density at radius 3 is 2.38 bits per heavy atom. The topological polar surface area (TPSA) is 64.9 Å². The maximum absolute atomic E-state index is 11.5. The SMILES string of the molecule is CC(C)NC(=O)C(C)NCCC(C)(C)C#N. The molecule has 0 aromatic rings. The van der Waals surface area contributed by atoms with Crippen molar-refractivity contribution in [2.24, 2.45) is 5.41 Å². The molecule has 0 aromatic heterocycles. The van der Waals surface area contributed by atoms with Gasteiger partial charge in [-0.1, -0.05) is 0 Å². The van der Waals surface area contributed by atoms with E-state index in [0.717, 1.165) is 6.42 Å². The molecule has 4 heteroatoms. The predicted molar refractivity (Wildman–Crippen MR) is 64.8 cm³/mol. The fourth-order valence-electron chi connectivity index (χ4n) is 1.16. The predicted octanol–water partition coefficient (Wildman–Crippen LogP) is 1.43. The van der Waals surface area contributed by atoms with E-state index in [9.17, 15) is 4.79 Å². The molecule has 0 radical (unpaired) electrons. The van der Waals surface area contributed by atoms with Crippen LogP contribution in [0, 0.1) is 16.7 Å². The number of amides is 1. The first-order valence-corrected chi connectivity index (χ1v) is 5.73. The molecule has 1 atom stereocenters. The summed E-state index contributed by atoms with van der Waals surface area (Å²) in [4.78, 5) is 11.5. The van der Waals surface area contributed by atoms with Crippen LogP contribution in [-0.4, -0.2) is 24.5 Å². The Balaban J connectivity index is 3.87. The Morgan fingerprint density at radius 1 is 1.38 bits per heavy atom. The maximum atomic E-state index is 11.5. The standard InChI is InChI=1S/C12H23N3O/c1-9(2)15-11(16)10(3)14-7-6-12(4,5)8-13/h9-10,14H,6-7H2,1-5H3,(H,15,16). The third-order valence-corrected chi connectivity index (χ3v) is 2.33. The van der Waals surface area contributed by atoms with Crippen molar-refractivity contribution < 1.29 is 4.79 Å². The van der Waals surface area contributed by atoms with Crippen molar-refractivity contribution in [2.75, 3.05) is 6.54 Å². The molecule has 0 spiro atoms. The summed E-state index contributed by atoms with van der Waals surface area (Å²) in [6, 6.07) is 2.18. The lowest BCUT2D eigenvalue weighted by Gasteiger charge is -2.19. The minimum absolute atomic E-state index is 0.00441. The van der Waals surface area contributed by atoms with Crippen LogP contribution >= 0.6 is 0 Å². The first-order valence-electron chi connectivity index (χ1n) is 5.73. The van der Waals surface area contributed by atoms with E-state index in [1.807, 2.05) is 34.6 Å². The van der Waals surface area contributed by atoms with Crippen molar-refractivity contribution in [2.45, 2.75) is 53.1 Å². The molecule has 0 aliphatic carbocycles. The molecule has 2 N–H and O–H groups in total. The van der Waals surface area contributed by atoms with Gasteiger partial charge < -0.3 is 10.6 Å². The number of nitrogens with zero attached hydrogens (tertiary/aromatic N) is 1. The monoisotopic (exact) mass is 225 g/mol.